The van der Waals surface area contributed by atoms with Crippen molar-refractivity contribution >= 4 is 27.5 Å². The lowest BCUT2D eigenvalue weighted by atomic mass is 9.88. The number of hydrogen-bond acceptors (Lipinski definition) is 2. The van der Waals surface area contributed by atoms with Gasteiger partial charge in [0.1, 0.15) is 6.04 Å². The molecule has 1 heterocycles. The number of nitrogens with two attached hydrogens (primary N) is 1. The third kappa shape index (κ3) is 2.15. The van der Waals surface area contributed by atoms with Crippen LogP contribution in [-0.4, -0.2) is 11.9 Å². The predicted octanol–water partition coefficient (Wildman–Crippen LogP) is 3.17. The maximum Gasteiger partial charge on any atom is 0.247 e. The van der Waals surface area contributed by atoms with Crippen molar-refractivity contribution in [2.45, 2.75) is 19.0 Å². The van der Waals surface area contributed by atoms with E-state index >= 15 is 0 Å². The van der Waals surface area contributed by atoms with Gasteiger partial charge in [-0.25, -0.2) is 0 Å². The van der Waals surface area contributed by atoms with Gasteiger partial charge in [-0.2, -0.15) is 0 Å². The molecule has 1 amide bonds. The van der Waals surface area contributed by atoms with Crippen LogP contribution < -0.4 is 10.6 Å². The van der Waals surface area contributed by atoms with Crippen molar-refractivity contribution in [3.8, 4) is 0 Å². The average Bonchev–Trinajstić information content (AvgIpc) is 2.45. The van der Waals surface area contributed by atoms with Crippen LogP contribution >= 0.6 is 15.9 Å². The number of β-lactam (4-membered cyclic amide) rings is 1. The number of nitrogens with zero attached hydrogens (tertiary/aromatic N) is 1. The Kier molecular flexibility index (Phi) is 3.36. The molecule has 102 valence electrons. The van der Waals surface area contributed by atoms with E-state index in [0.29, 0.717) is 0 Å². The first-order chi connectivity index (χ1) is 9.58. The summed E-state index contributed by atoms with van der Waals surface area (Å²) in [4.78, 5) is 13.9. The lowest BCUT2D eigenvalue weighted by Crippen LogP contribution is -2.63. The molecule has 3 rings (SSSR count). The fourth-order valence-electron chi connectivity index (χ4n) is 2.59. The molecule has 0 saturated carbocycles. The Labute approximate surface area is 126 Å². The molecular weight excluding hydrogens is 316 g/mol. The Hall–Kier alpha value is -1.65. The number of rotatable bonds is 2. The second-order valence-corrected chi connectivity index (χ2v) is 5.99. The lowest BCUT2D eigenvalue weighted by Gasteiger charge is -2.45. The van der Waals surface area contributed by atoms with E-state index in [1.54, 1.807) is 4.90 Å². The van der Waals surface area contributed by atoms with E-state index in [-0.39, 0.29) is 11.9 Å². The summed E-state index contributed by atoms with van der Waals surface area (Å²) in [6.45, 7) is 2.02. The van der Waals surface area contributed by atoms with Crippen molar-refractivity contribution in [1.82, 2.24) is 0 Å². The van der Waals surface area contributed by atoms with Crippen molar-refractivity contribution in [2.24, 2.45) is 5.73 Å². The number of carbonyl (C=O) groups excluding carboxylic acids is 1. The normalized spacial score (nSPS) is 21.8. The topological polar surface area (TPSA) is 46.3 Å². The van der Waals surface area contributed by atoms with Crippen LogP contribution in [0.3, 0.4) is 0 Å². The van der Waals surface area contributed by atoms with Gasteiger partial charge in [0, 0.05) is 10.2 Å². The zero-order valence-electron chi connectivity index (χ0n) is 11.1. The zero-order valence-corrected chi connectivity index (χ0v) is 12.7. The largest absolute Gasteiger partial charge is 0.318 e. The van der Waals surface area contributed by atoms with Crippen LogP contribution in [0.2, 0.25) is 0 Å². The van der Waals surface area contributed by atoms with E-state index in [1.807, 2.05) is 55.5 Å². The third-order valence-electron chi connectivity index (χ3n) is 3.63. The molecule has 20 heavy (non-hydrogen) atoms. The van der Waals surface area contributed by atoms with Gasteiger partial charge in [0.2, 0.25) is 5.91 Å². The number of aryl methyl sites for hydroxylation is 1. The summed E-state index contributed by atoms with van der Waals surface area (Å²) < 4.78 is 1.02. The number of benzene rings is 2. The molecule has 0 spiro atoms. The van der Waals surface area contributed by atoms with Crippen LogP contribution in [0.1, 0.15) is 17.2 Å². The molecule has 1 saturated heterocycles. The molecule has 2 aromatic rings. The van der Waals surface area contributed by atoms with Gasteiger partial charge in [-0.05, 0) is 42.3 Å². The SMILES string of the molecule is Cc1cccc(N2C(=O)[C@@H](N)[C@@H]2c2ccc(Br)cc2)c1. The van der Waals surface area contributed by atoms with Crippen molar-refractivity contribution in [1.29, 1.82) is 0 Å². The molecule has 0 radical (unpaired) electrons. The van der Waals surface area contributed by atoms with E-state index in [9.17, 15) is 4.79 Å². The van der Waals surface area contributed by atoms with Gasteiger partial charge >= 0.3 is 0 Å². The molecule has 0 aromatic heterocycles. The van der Waals surface area contributed by atoms with Crippen LogP contribution in [-0.2, 0) is 4.79 Å². The van der Waals surface area contributed by atoms with Gasteiger partial charge in [-0.1, -0.05) is 40.2 Å². The Balaban J connectivity index is 1.97. The summed E-state index contributed by atoms with van der Waals surface area (Å²) in [5, 5.41) is 0. The summed E-state index contributed by atoms with van der Waals surface area (Å²) in [5.74, 6) is -0.0245. The molecule has 2 atom stereocenters. The highest BCUT2D eigenvalue weighted by Crippen LogP contribution is 2.38. The van der Waals surface area contributed by atoms with Crippen LogP contribution in [0.25, 0.3) is 0 Å². The highest BCUT2D eigenvalue weighted by molar-refractivity contribution is 9.10. The van der Waals surface area contributed by atoms with Crippen LogP contribution in [0.4, 0.5) is 5.69 Å². The van der Waals surface area contributed by atoms with Gasteiger partial charge in [-0.3, -0.25) is 4.79 Å². The van der Waals surface area contributed by atoms with Gasteiger partial charge in [0.05, 0.1) is 6.04 Å². The molecule has 1 aliphatic rings. The smallest absolute Gasteiger partial charge is 0.247 e. The van der Waals surface area contributed by atoms with Gasteiger partial charge in [-0.15, -0.1) is 0 Å². The molecule has 1 fully saturated rings. The molecule has 4 heteroatoms. The molecule has 0 unspecified atom stereocenters. The molecule has 0 aliphatic carbocycles. The summed E-state index contributed by atoms with van der Waals surface area (Å²) in [7, 11) is 0. The summed E-state index contributed by atoms with van der Waals surface area (Å²) >= 11 is 3.42. The van der Waals surface area contributed by atoms with Crippen LogP contribution in [0, 0.1) is 6.92 Å². The molecule has 2 aromatic carbocycles. The van der Waals surface area contributed by atoms with E-state index in [4.69, 9.17) is 5.73 Å². The Bertz CT molecular complexity index is 654. The fraction of sp³-hybridized carbons (Fsp3) is 0.188. The lowest BCUT2D eigenvalue weighted by molar-refractivity contribution is -0.126. The number of hydrogen-bond donors (Lipinski definition) is 1. The molecular formula is C16H15BrN2O. The average molecular weight is 331 g/mol. The molecule has 1 aliphatic heterocycles. The summed E-state index contributed by atoms with van der Waals surface area (Å²) in [5.41, 5.74) is 9.09. The summed E-state index contributed by atoms with van der Waals surface area (Å²) in [6, 6.07) is 15.3. The van der Waals surface area contributed by atoms with E-state index in [2.05, 4.69) is 15.9 Å². The minimum Gasteiger partial charge on any atom is -0.318 e. The fourth-order valence-corrected chi connectivity index (χ4v) is 2.86. The standard InChI is InChI=1S/C16H15BrN2O/c1-10-3-2-4-13(9-10)19-15(14(18)16(19)20)11-5-7-12(17)8-6-11/h2-9,14-15H,18H2,1H3/t14-,15-/m0/s1. The van der Waals surface area contributed by atoms with Gasteiger partial charge in [0.25, 0.3) is 0 Å². The monoisotopic (exact) mass is 330 g/mol. The second kappa shape index (κ2) is 5.04. The zero-order chi connectivity index (χ0) is 14.3. The Morgan fingerprint density at radius 3 is 2.50 bits per heavy atom. The van der Waals surface area contributed by atoms with Crippen molar-refractivity contribution in [3.63, 3.8) is 0 Å². The Morgan fingerprint density at radius 2 is 1.85 bits per heavy atom. The quantitative estimate of drug-likeness (QED) is 0.859. The highest BCUT2D eigenvalue weighted by atomic mass is 79.9. The van der Waals surface area contributed by atoms with Crippen LogP contribution in [0.15, 0.2) is 53.0 Å². The first-order valence-electron chi connectivity index (χ1n) is 6.49. The second-order valence-electron chi connectivity index (χ2n) is 5.07. The number of anilines is 1. The van der Waals surface area contributed by atoms with E-state index < -0.39 is 6.04 Å². The van der Waals surface area contributed by atoms with E-state index in [0.717, 1.165) is 21.3 Å². The minimum absolute atomic E-state index is 0.0245. The Morgan fingerprint density at radius 1 is 1.15 bits per heavy atom. The summed E-state index contributed by atoms with van der Waals surface area (Å²) in [6.07, 6.45) is 0. The first kappa shape index (κ1) is 13.3. The van der Waals surface area contributed by atoms with Gasteiger partial charge in [0.15, 0.2) is 0 Å². The van der Waals surface area contributed by atoms with Crippen molar-refractivity contribution in [2.75, 3.05) is 4.90 Å². The number of halogens is 1. The maximum absolute atomic E-state index is 12.1. The van der Waals surface area contributed by atoms with E-state index in [1.165, 1.54) is 0 Å². The predicted molar refractivity (Wildman–Crippen MR) is 83.5 cm³/mol. The molecule has 0 bridgehead atoms. The maximum atomic E-state index is 12.1. The molecule has 3 nitrogen and oxygen atoms in total. The number of amides is 1. The van der Waals surface area contributed by atoms with Crippen LogP contribution in [0.5, 0.6) is 0 Å². The third-order valence-corrected chi connectivity index (χ3v) is 4.16. The minimum atomic E-state index is -0.461. The first-order valence-corrected chi connectivity index (χ1v) is 7.28. The molecule has 2 N–H and O–H groups in total. The number of carbonyl (C=O) groups is 1. The highest BCUT2D eigenvalue weighted by Gasteiger charge is 2.46. The van der Waals surface area contributed by atoms with Gasteiger partial charge < -0.3 is 10.6 Å². The van der Waals surface area contributed by atoms with Crippen molar-refractivity contribution < 1.29 is 4.79 Å². The van der Waals surface area contributed by atoms with Crippen molar-refractivity contribution in [3.05, 3.63) is 64.1 Å².